The quantitative estimate of drug-likeness (QED) is 0.764. The van der Waals surface area contributed by atoms with Crippen molar-refractivity contribution in [1.82, 2.24) is 25.2 Å². The second-order valence-corrected chi connectivity index (χ2v) is 7.03. The predicted octanol–water partition coefficient (Wildman–Crippen LogP) is 2.94. The highest BCUT2D eigenvalue weighted by atomic mass is 19.1. The summed E-state index contributed by atoms with van der Waals surface area (Å²) in [5.41, 5.74) is 0.865. The molecule has 8 heteroatoms. The van der Waals surface area contributed by atoms with Crippen LogP contribution < -0.4 is 5.32 Å². The smallest absolute Gasteiger partial charge is 0.273 e. The minimum absolute atomic E-state index is 0.0236. The Balaban J connectivity index is 1.45. The van der Waals surface area contributed by atoms with E-state index in [2.05, 4.69) is 39.1 Å². The molecule has 4 rings (SSSR count). The van der Waals surface area contributed by atoms with Crippen molar-refractivity contribution < 1.29 is 13.7 Å². The molecular weight excluding hydrogens is 349 g/mol. The Morgan fingerprint density at radius 3 is 2.81 bits per heavy atom. The normalized spacial score (nSPS) is 16.4. The van der Waals surface area contributed by atoms with Crippen LogP contribution in [0.2, 0.25) is 0 Å². The molecule has 0 saturated heterocycles. The second kappa shape index (κ2) is 6.94. The zero-order chi connectivity index (χ0) is 19.0. The molecule has 140 valence electrons. The van der Waals surface area contributed by atoms with Gasteiger partial charge in [-0.1, -0.05) is 19.0 Å². The van der Waals surface area contributed by atoms with Gasteiger partial charge in [-0.25, -0.2) is 4.39 Å². The first-order valence-electron chi connectivity index (χ1n) is 8.96. The van der Waals surface area contributed by atoms with Gasteiger partial charge in [-0.3, -0.25) is 4.79 Å². The van der Waals surface area contributed by atoms with E-state index in [-0.39, 0.29) is 29.4 Å². The van der Waals surface area contributed by atoms with Crippen LogP contribution in [0, 0.1) is 5.82 Å². The lowest BCUT2D eigenvalue weighted by Crippen LogP contribution is -2.41. The van der Waals surface area contributed by atoms with E-state index >= 15 is 0 Å². The summed E-state index contributed by atoms with van der Waals surface area (Å²) in [6, 6.07) is 7.38. The zero-order valence-electron chi connectivity index (χ0n) is 15.1. The van der Waals surface area contributed by atoms with Crippen LogP contribution in [0.15, 0.2) is 34.9 Å². The lowest BCUT2D eigenvalue weighted by Gasteiger charge is -2.25. The number of halogens is 1. The summed E-state index contributed by atoms with van der Waals surface area (Å²) in [7, 11) is 0. The van der Waals surface area contributed by atoms with Crippen LogP contribution in [-0.2, 0) is 13.0 Å². The number of rotatable bonds is 4. The van der Waals surface area contributed by atoms with Gasteiger partial charge in [-0.2, -0.15) is 0 Å². The van der Waals surface area contributed by atoms with Crippen molar-refractivity contribution in [3.8, 4) is 11.3 Å². The highest BCUT2D eigenvalue weighted by Gasteiger charge is 2.26. The lowest BCUT2D eigenvalue weighted by atomic mass is 10.1. The summed E-state index contributed by atoms with van der Waals surface area (Å²) in [6.07, 6.45) is 1.56. The first kappa shape index (κ1) is 17.4. The zero-order valence-corrected chi connectivity index (χ0v) is 15.1. The van der Waals surface area contributed by atoms with Crippen LogP contribution in [0.25, 0.3) is 11.3 Å². The molecule has 0 saturated carbocycles. The maximum Gasteiger partial charge on any atom is 0.273 e. The fourth-order valence-electron chi connectivity index (χ4n) is 3.28. The van der Waals surface area contributed by atoms with Gasteiger partial charge in [0, 0.05) is 36.6 Å². The van der Waals surface area contributed by atoms with Crippen molar-refractivity contribution in [1.29, 1.82) is 0 Å². The fraction of sp³-hybridized carbons (Fsp3) is 0.368. The van der Waals surface area contributed by atoms with Crippen molar-refractivity contribution >= 4 is 5.91 Å². The van der Waals surface area contributed by atoms with E-state index in [0.717, 1.165) is 24.5 Å². The highest BCUT2D eigenvalue weighted by Crippen LogP contribution is 2.22. The van der Waals surface area contributed by atoms with Crippen molar-refractivity contribution in [2.24, 2.45) is 0 Å². The first-order chi connectivity index (χ1) is 13.0. The molecule has 1 N–H and O–H groups in total. The monoisotopic (exact) mass is 369 g/mol. The van der Waals surface area contributed by atoms with Crippen LogP contribution in [0.3, 0.4) is 0 Å². The Labute approximate surface area is 155 Å². The first-order valence-corrected chi connectivity index (χ1v) is 8.96. The number of hydrogen-bond acceptors (Lipinski definition) is 5. The van der Waals surface area contributed by atoms with Crippen molar-refractivity contribution in [2.45, 2.75) is 45.2 Å². The molecule has 7 nitrogen and oxygen atoms in total. The van der Waals surface area contributed by atoms with E-state index in [1.54, 1.807) is 18.2 Å². The van der Waals surface area contributed by atoms with Crippen LogP contribution in [0.4, 0.5) is 4.39 Å². The lowest BCUT2D eigenvalue weighted by molar-refractivity contribution is 0.0918. The number of fused-ring (bicyclic) bond motifs is 1. The SMILES string of the molecule is CC(C)c1nnc2n1C[C@@H](NC(=O)c1cc(-c3ccc(F)cc3)on1)CC2. The molecule has 3 aromatic rings. The van der Waals surface area contributed by atoms with Crippen LogP contribution in [-0.4, -0.2) is 31.9 Å². The predicted molar refractivity (Wildman–Crippen MR) is 95.6 cm³/mol. The van der Waals surface area contributed by atoms with Crippen molar-refractivity contribution in [2.75, 3.05) is 0 Å². The largest absolute Gasteiger partial charge is 0.355 e. The number of benzene rings is 1. The van der Waals surface area contributed by atoms with Gasteiger partial charge in [-0.05, 0) is 30.7 Å². The summed E-state index contributed by atoms with van der Waals surface area (Å²) in [6.45, 7) is 4.79. The standard InChI is InChI=1S/C19H20FN5O2/c1-11(2)18-23-22-17-8-7-14(10-25(17)18)21-19(26)15-9-16(27-24-15)12-3-5-13(20)6-4-12/h3-6,9,11,14H,7-8,10H2,1-2H3,(H,21,26)/t14-/m0/s1. The number of carbonyl (C=O) groups is 1. The molecule has 1 aliphatic heterocycles. The molecular formula is C19H20FN5O2. The summed E-state index contributed by atoms with van der Waals surface area (Å²) < 4.78 is 20.4. The number of nitrogens with zero attached hydrogens (tertiary/aromatic N) is 4. The Morgan fingerprint density at radius 1 is 1.30 bits per heavy atom. The summed E-state index contributed by atoms with van der Waals surface area (Å²) >= 11 is 0. The van der Waals surface area contributed by atoms with Gasteiger partial charge in [0.1, 0.15) is 17.5 Å². The number of nitrogens with one attached hydrogen (secondary N) is 1. The van der Waals surface area contributed by atoms with Gasteiger partial charge in [0.25, 0.3) is 5.91 Å². The average Bonchev–Trinajstić information content (AvgIpc) is 3.29. The minimum Gasteiger partial charge on any atom is -0.355 e. The van der Waals surface area contributed by atoms with E-state index in [1.165, 1.54) is 12.1 Å². The summed E-state index contributed by atoms with van der Waals surface area (Å²) in [5.74, 6) is 1.97. The summed E-state index contributed by atoms with van der Waals surface area (Å²) in [4.78, 5) is 12.5. The Morgan fingerprint density at radius 2 is 2.07 bits per heavy atom. The molecule has 0 aliphatic carbocycles. The van der Waals surface area contributed by atoms with Crippen molar-refractivity contribution in [3.63, 3.8) is 0 Å². The van der Waals surface area contributed by atoms with E-state index in [9.17, 15) is 9.18 Å². The molecule has 3 heterocycles. The van der Waals surface area contributed by atoms with Gasteiger partial charge in [0.05, 0.1) is 0 Å². The third kappa shape index (κ3) is 3.47. The number of aryl methyl sites for hydroxylation is 1. The Bertz CT molecular complexity index is 961. The van der Waals surface area contributed by atoms with Gasteiger partial charge in [0.15, 0.2) is 11.5 Å². The highest BCUT2D eigenvalue weighted by molar-refractivity contribution is 5.93. The molecule has 1 aromatic carbocycles. The van der Waals surface area contributed by atoms with Gasteiger partial charge in [0.2, 0.25) is 0 Å². The Kier molecular flexibility index (Phi) is 4.47. The second-order valence-electron chi connectivity index (χ2n) is 7.03. The van der Waals surface area contributed by atoms with E-state index < -0.39 is 0 Å². The number of aromatic nitrogens is 4. The Hall–Kier alpha value is -3.03. The minimum atomic E-state index is -0.331. The molecule has 2 aromatic heterocycles. The topological polar surface area (TPSA) is 85.8 Å². The molecule has 1 atom stereocenters. The van der Waals surface area contributed by atoms with E-state index in [0.29, 0.717) is 17.9 Å². The number of hydrogen-bond donors (Lipinski definition) is 1. The average molecular weight is 369 g/mol. The molecule has 0 radical (unpaired) electrons. The number of carbonyl (C=O) groups excluding carboxylic acids is 1. The molecule has 0 bridgehead atoms. The van der Waals surface area contributed by atoms with Gasteiger partial charge >= 0.3 is 0 Å². The molecule has 1 amide bonds. The maximum atomic E-state index is 13.0. The van der Waals surface area contributed by atoms with Crippen LogP contribution >= 0.6 is 0 Å². The van der Waals surface area contributed by atoms with E-state index in [4.69, 9.17) is 4.52 Å². The third-order valence-corrected chi connectivity index (χ3v) is 4.70. The molecule has 0 spiro atoms. The maximum absolute atomic E-state index is 13.0. The van der Waals surface area contributed by atoms with E-state index in [1.807, 2.05) is 0 Å². The fourth-order valence-corrected chi connectivity index (χ4v) is 3.28. The van der Waals surface area contributed by atoms with Gasteiger partial charge in [-0.15, -0.1) is 10.2 Å². The van der Waals surface area contributed by atoms with Crippen molar-refractivity contribution in [3.05, 3.63) is 53.5 Å². The molecule has 0 fully saturated rings. The summed E-state index contributed by atoms with van der Waals surface area (Å²) in [5, 5.41) is 15.4. The van der Waals surface area contributed by atoms with Crippen LogP contribution in [0.5, 0.6) is 0 Å². The van der Waals surface area contributed by atoms with Gasteiger partial charge < -0.3 is 14.4 Å². The molecule has 27 heavy (non-hydrogen) atoms. The number of amides is 1. The van der Waals surface area contributed by atoms with Crippen LogP contribution in [0.1, 0.15) is 48.3 Å². The molecule has 0 unspecified atom stereocenters. The molecule has 1 aliphatic rings. The third-order valence-electron chi connectivity index (χ3n) is 4.70.